The lowest BCUT2D eigenvalue weighted by atomic mass is 10.3. The summed E-state index contributed by atoms with van der Waals surface area (Å²) in [7, 11) is 0. The van der Waals surface area contributed by atoms with Gasteiger partial charge in [-0.3, -0.25) is 0 Å². The maximum absolute atomic E-state index is 10.6. The number of carbonyl (C=O) groups is 1. The number of hydrogen-bond acceptors (Lipinski definition) is 3. The van der Waals surface area contributed by atoms with Gasteiger partial charge in [0.15, 0.2) is 0 Å². The van der Waals surface area contributed by atoms with E-state index in [1.54, 1.807) is 23.5 Å². The smallest absolute Gasteiger partial charge is 0.146 e. The fourth-order valence-electron chi connectivity index (χ4n) is 0.906. The van der Waals surface area contributed by atoms with Gasteiger partial charge in [-0.25, -0.2) is 0 Å². The van der Waals surface area contributed by atoms with Crippen LogP contribution in [0.3, 0.4) is 0 Å². The zero-order chi connectivity index (χ0) is 7.45. The van der Waals surface area contributed by atoms with E-state index >= 15 is 0 Å². The molecular weight excluding hydrogens is 164 g/mol. The summed E-state index contributed by atoms with van der Waals surface area (Å²) in [5.41, 5.74) is 0. The maximum Gasteiger partial charge on any atom is 0.146 e. The Bertz CT molecular complexity index is 139. The summed E-state index contributed by atoms with van der Waals surface area (Å²) in [5.74, 6) is 2.19. The van der Waals surface area contributed by atoms with Crippen LogP contribution in [0.5, 0.6) is 0 Å². The summed E-state index contributed by atoms with van der Waals surface area (Å²) in [5, 5.41) is 0. The van der Waals surface area contributed by atoms with Crippen molar-refractivity contribution >= 4 is 29.8 Å². The Balaban J connectivity index is 2.57. The first-order valence-electron chi connectivity index (χ1n) is 3.18. The molecule has 1 nitrogen and oxygen atoms in total. The minimum atomic E-state index is -0.179. The predicted molar refractivity (Wildman–Crippen MR) is 48.5 cm³/mol. The average molecular weight is 174 g/mol. The second kappa shape index (κ2) is 3.49. The number of carbonyl (C=O) groups excluding carboxylic acids is 1. The fraction of sp³-hybridized carbons (Fsp3) is 0.571. The highest BCUT2D eigenvalue weighted by molar-refractivity contribution is 8.22. The summed E-state index contributed by atoms with van der Waals surface area (Å²) in [6.45, 7) is 3.63. The Kier molecular flexibility index (Phi) is 2.86. The monoisotopic (exact) mass is 174 g/mol. The summed E-state index contributed by atoms with van der Waals surface area (Å²) in [6.07, 6.45) is 3.67. The van der Waals surface area contributed by atoms with Gasteiger partial charge in [-0.15, -0.1) is 30.1 Å². The number of aldehydes is 1. The van der Waals surface area contributed by atoms with Gasteiger partial charge in [0.1, 0.15) is 10.4 Å². The highest BCUT2D eigenvalue weighted by Gasteiger charge is 2.33. The molecule has 0 radical (unpaired) electrons. The molecule has 0 aromatic heterocycles. The molecule has 0 aliphatic carbocycles. The van der Waals surface area contributed by atoms with Crippen LogP contribution in [0, 0.1) is 0 Å². The van der Waals surface area contributed by atoms with Crippen molar-refractivity contribution in [2.24, 2.45) is 0 Å². The van der Waals surface area contributed by atoms with Crippen molar-refractivity contribution in [2.75, 3.05) is 11.5 Å². The highest BCUT2D eigenvalue weighted by atomic mass is 32.2. The van der Waals surface area contributed by atoms with Gasteiger partial charge in [0.25, 0.3) is 0 Å². The number of allylic oxidation sites excluding steroid dienone is 1. The quantitative estimate of drug-likeness (QED) is 0.481. The Labute approximate surface area is 69.6 Å². The fourth-order valence-corrected chi connectivity index (χ4v) is 3.70. The maximum atomic E-state index is 10.6. The van der Waals surface area contributed by atoms with E-state index in [0.717, 1.165) is 24.2 Å². The van der Waals surface area contributed by atoms with E-state index in [9.17, 15) is 4.79 Å². The van der Waals surface area contributed by atoms with E-state index in [4.69, 9.17) is 0 Å². The molecule has 0 bridgehead atoms. The normalized spacial score (nSPS) is 22.4. The van der Waals surface area contributed by atoms with Gasteiger partial charge in [-0.2, -0.15) is 0 Å². The standard InChI is InChI=1S/C7H10OS2/c1-2-3-7(6-8)9-4-5-10-7/h2,6H,1,3-5H2. The zero-order valence-electron chi connectivity index (χ0n) is 5.71. The van der Waals surface area contributed by atoms with Gasteiger partial charge in [0.2, 0.25) is 0 Å². The van der Waals surface area contributed by atoms with Crippen LogP contribution in [-0.4, -0.2) is 21.9 Å². The molecule has 56 valence electrons. The third-order valence-electron chi connectivity index (χ3n) is 1.38. The first kappa shape index (κ1) is 8.21. The Morgan fingerprint density at radius 1 is 1.50 bits per heavy atom. The number of thioether (sulfide) groups is 2. The largest absolute Gasteiger partial charge is 0.301 e. The van der Waals surface area contributed by atoms with Crippen LogP contribution >= 0.6 is 23.5 Å². The Hall–Kier alpha value is 0.110. The lowest BCUT2D eigenvalue weighted by Gasteiger charge is -2.16. The molecule has 1 aliphatic rings. The van der Waals surface area contributed by atoms with Crippen LogP contribution < -0.4 is 0 Å². The van der Waals surface area contributed by atoms with E-state index < -0.39 is 0 Å². The number of hydrogen-bond donors (Lipinski definition) is 0. The molecule has 1 aliphatic heterocycles. The lowest BCUT2D eigenvalue weighted by Crippen LogP contribution is -2.17. The van der Waals surface area contributed by atoms with E-state index in [2.05, 4.69) is 6.58 Å². The minimum Gasteiger partial charge on any atom is -0.301 e. The molecule has 0 aromatic rings. The minimum absolute atomic E-state index is 0.179. The molecule has 1 heterocycles. The molecule has 0 aromatic carbocycles. The molecule has 0 spiro atoms. The van der Waals surface area contributed by atoms with Crippen LogP contribution in [0.1, 0.15) is 6.42 Å². The predicted octanol–water partition coefficient (Wildman–Crippen LogP) is 1.94. The highest BCUT2D eigenvalue weighted by Crippen LogP contribution is 2.44. The van der Waals surface area contributed by atoms with Gasteiger partial charge in [0, 0.05) is 11.5 Å². The van der Waals surface area contributed by atoms with Crippen molar-refractivity contribution < 1.29 is 4.79 Å². The average Bonchev–Trinajstić information content (AvgIpc) is 2.39. The molecule has 3 heteroatoms. The van der Waals surface area contributed by atoms with Crippen molar-refractivity contribution in [3.63, 3.8) is 0 Å². The molecule has 10 heavy (non-hydrogen) atoms. The van der Waals surface area contributed by atoms with Gasteiger partial charge in [0.05, 0.1) is 0 Å². The number of rotatable bonds is 3. The summed E-state index contributed by atoms with van der Waals surface area (Å²) in [4.78, 5) is 10.6. The molecule has 1 fully saturated rings. The van der Waals surface area contributed by atoms with Crippen LogP contribution in [0.25, 0.3) is 0 Å². The molecular formula is C7H10OS2. The summed E-state index contributed by atoms with van der Waals surface area (Å²) in [6, 6.07) is 0. The van der Waals surface area contributed by atoms with Gasteiger partial charge < -0.3 is 4.79 Å². The molecule has 0 saturated carbocycles. The van der Waals surface area contributed by atoms with Crippen molar-refractivity contribution in [1.29, 1.82) is 0 Å². The van der Waals surface area contributed by atoms with Crippen LogP contribution in [0.2, 0.25) is 0 Å². The summed E-state index contributed by atoms with van der Waals surface area (Å²) >= 11 is 3.48. The zero-order valence-corrected chi connectivity index (χ0v) is 7.34. The van der Waals surface area contributed by atoms with Gasteiger partial charge in [-0.05, 0) is 6.42 Å². The first-order valence-corrected chi connectivity index (χ1v) is 5.15. The molecule has 0 N–H and O–H groups in total. The SMILES string of the molecule is C=CCC1(C=O)SCCS1. The molecule has 0 amide bonds. The van der Waals surface area contributed by atoms with E-state index in [-0.39, 0.29) is 4.08 Å². The van der Waals surface area contributed by atoms with Crippen molar-refractivity contribution in [1.82, 2.24) is 0 Å². The lowest BCUT2D eigenvalue weighted by molar-refractivity contribution is -0.108. The first-order chi connectivity index (χ1) is 4.83. The van der Waals surface area contributed by atoms with Crippen molar-refractivity contribution in [3.05, 3.63) is 12.7 Å². The van der Waals surface area contributed by atoms with E-state index in [1.807, 2.05) is 6.08 Å². The molecule has 0 unspecified atom stereocenters. The van der Waals surface area contributed by atoms with Crippen LogP contribution in [0.4, 0.5) is 0 Å². The summed E-state index contributed by atoms with van der Waals surface area (Å²) < 4.78 is -0.179. The molecule has 0 atom stereocenters. The van der Waals surface area contributed by atoms with E-state index in [1.165, 1.54) is 0 Å². The third kappa shape index (κ3) is 1.58. The topological polar surface area (TPSA) is 17.1 Å². The van der Waals surface area contributed by atoms with Gasteiger partial charge >= 0.3 is 0 Å². The third-order valence-corrected chi connectivity index (χ3v) is 4.67. The van der Waals surface area contributed by atoms with Crippen molar-refractivity contribution in [2.45, 2.75) is 10.5 Å². The van der Waals surface area contributed by atoms with E-state index in [0.29, 0.717) is 0 Å². The second-order valence-corrected chi connectivity index (χ2v) is 5.23. The molecule has 1 saturated heterocycles. The molecule has 1 rings (SSSR count). The Morgan fingerprint density at radius 3 is 2.50 bits per heavy atom. The van der Waals surface area contributed by atoms with Crippen LogP contribution in [-0.2, 0) is 4.79 Å². The second-order valence-electron chi connectivity index (χ2n) is 2.12. The van der Waals surface area contributed by atoms with Gasteiger partial charge in [-0.1, -0.05) is 6.08 Å². The Morgan fingerprint density at radius 2 is 2.10 bits per heavy atom. The van der Waals surface area contributed by atoms with Crippen LogP contribution in [0.15, 0.2) is 12.7 Å². The van der Waals surface area contributed by atoms with Crippen molar-refractivity contribution in [3.8, 4) is 0 Å².